The summed E-state index contributed by atoms with van der Waals surface area (Å²) >= 11 is 0. The molecule has 6 atom stereocenters. The highest BCUT2D eigenvalue weighted by Gasteiger charge is 2.74. The van der Waals surface area contributed by atoms with Gasteiger partial charge in [-0.15, -0.1) is 0 Å². The normalized spacial score (nSPS) is 23.8. The molecule has 0 radical (unpaired) electrons. The zero-order valence-corrected chi connectivity index (χ0v) is 41.0. The lowest BCUT2D eigenvalue weighted by Crippen LogP contribution is -2.60. The molecule has 3 rings (SSSR count). The Balaban J connectivity index is 2.20. The minimum atomic E-state index is -5.76. The molecule has 0 saturated carbocycles. The number of ether oxygens (including phenoxy) is 1. The largest absolute Gasteiger partial charge is 0.430 e. The average molecular weight is 878 g/mol. The van der Waals surface area contributed by atoms with Crippen LogP contribution in [0.15, 0.2) is 42.5 Å². The maximum atomic E-state index is 15.3. The fourth-order valence-electron chi connectivity index (χ4n) is 11.6. The Labute approximate surface area is 357 Å². The van der Waals surface area contributed by atoms with Gasteiger partial charge in [0.1, 0.15) is 0 Å². The topological polar surface area (TPSA) is 30.9 Å². The van der Waals surface area contributed by atoms with Crippen molar-refractivity contribution >= 4 is 16.6 Å². The van der Waals surface area contributed by atoms with E-state index >= 15 is 26.3 Å². The van der Waals surface area contributed by atoms with Gasteiger partial charge in [0.15, 0.2) is 0 Å². The monoisotopic (exact) mass is 878 g/mol. The molecular weight excluding hydrogens is 797 g/mol. The maximum absolute atomic E-state index is 15.3. The SMILES string of the molecule is CCCCCCC[C@@H](/C=C/[C@@H]1CC[C@@H]2[C@@H](OC(c3ccccc3)(C(F)(F)F)C(F)(F)F)CC[C@@H](O[Si](C(C)C)(C(C)C)C(C)C)[C@H](C)N12)O[Si](C(C)C)(C(C)C)C(C)C. The summed E-state index contributed by atoms with van der Waals surface area (Å²) in [5.41, 5.74) is -3.54. The number of hydrogen-bond acceptors (Lipinski definition) is 4. The first-order valence-electron chi connectivity index (χ1n) is 23.0. The van der Waals surface area contributed by atoms with E-state index in [2.05, 4.69) is 114 Å². The van der Waals surface area contributed by atoms with Gasteiger partial charge >= 0.3 is 12.4 Å². The van der Waals surface area contributed by atoms with Crippen molar-refractivity contribution < 1.29 is 39.9 Å². The third-order valence-corrected chi connectivity index (χ3v) is 26.5. The van der Waals surface area contributed by atoms with Crippen LogP contribution in [0.2, 0.25) is 33.2 Å². The maximum Gasteiger partial charge on any atom is 0.430 e. The molecule has 1 aromatic rings. The first-order chi connectivity index (χ1) is 27.4. The first-order valence-corrected chi connectivity index (χ1v) is 27.3. The quantitative estimate of drug-likeness (QED) is 0.0533. The molecule has 0 bridgehead atoms. The van der Waals surface area contributed by atoms with Gasteiger partial charge in [-0.1, -0.05) is 165 Å². The summed E-state index contributed by atoms with van der Waals surface area (Å²) in [7, 11) is -4.80. The molecule has 2 saturated heterocycles. The summed E-state index contributed by atoms with van der Waals surface area (Å²) in [6.45, 7) is 31.1. The second-order valence-corrected chi connectivity index (χ2v) is 30.5. The first kappa shape index (κ1) is 52.2. The van der Waals surface area contributed by atoms with Gasteiger partial charge in [-0.25, -0.2) is 0 Å². The molecule has 342 valence electrons. The average Bonchev–Trinajstić information content (AvgIpc) is 3.50. The molecule has 0 aliphatic carbocycles. The van der Waals surface area contributed by atoms with E-state index in [1.807, 2.05) is 0 Å². The van der Waals surface area contributed by atoms with Crippen molar-refractivity contribution in [3.05, 3.63) is 48.0 Å². The third kappa shape index (κ3) is 11.1. The highest BCUT2D eigenvalue weighted by Crippen LogP contribution is 2.55. The molecule has 59 heavy (non-hydrogen) atoms. The molecule has 4 nitrogen and oxygen atoms in total. The van der Waals surface area contributed by atoms with E-state index in [9.17, 15) is 0 Å². The molecule has 2 fully saturated rings. The zero-order valence-electron chi connectivity index (χ0n) is 39.0. The van der Waals surface area contributed by atoms with Crippen molar-refractivity contribution in [3.63, 3.8) is 0 Å². The number of hydrogen-bond donors (Lipinski definition) is 0. The van der Waals surface area contributed by atoms with Crippen LogP contribution in [0.5, 0.6) is 0 Å². The fraction of sp³-hybridized carbons (Fsp3) is 0.830. The molecule has 2 aliphatic rings. The lowest BCUT2D eigenvalue weighted by atomic mass is 9.90. The number of fused-ring (bicyclic) bond motifs is 1. The Morgan fingerprint density at radius 1 is 0.661 bits per heavy atom. The van der Waals surface area contributed by atoms with Crippen molar-refractivity contribution in [3.8, 4) is 0 Å². The van der Waals surface area contributed by atoms with Crippen molar-refractivity contribution in [2.45, 2.75) is 249 Å². The van der Waals surface area contributed by atoms with Gasteiger partial charge < -0.3 is 13.6 Å². The van der Waals surface area contributed by atoms with Gasteiger partial charge in [-0.05, 0) is 72.3 Å². The lowest BCUT2D eigenvalue weighted by molar-refractivity contribution is -0.401. The minimum absolute atomic E-state index is 0.0148. The van der Waals surface area contributed by atoms with Gasteiger partial charge in [-0.3, -0.25) is 4.90 Å². The van der Waals surface area contributed by atoms with Gasteiger partial charge in [-0.2, -0.15) is 26.3 Å². The molecule has 2 aliphatic heterocycles. The second kappa shape index (κ2) is 21.5. The van der Waals surface area contributed by atoms with Crippen LogP contribution in [0, 0.1) is 0 Å². The molecule has 0 amide bonds. The van der Waals surface area contributed by atoms with Crippen LogP contribution < -0.4 is 0 Å². The van der Waals surface area contributed by atoms with Crippen LogP contribution in [0.1, 0.15) is 167 Å². The number of benzene rings is 1. The van der Waals surface area contributed by atoms with E-state index in [0.717, 1.165) is 37.8 Å². The molecule has 2 heterocycles. The van der Waals surface area contributed by atoms with E-state index in [1.165, 1.54) is 31.0 Å². The lowest BCUT2D eigenvalue weighted by Gasteiger charge is -2.47. The fourth-order valence-corrected chi connectivity index (χ4v) is 22.8. The van der Waals surface area contributed by atoms with Crippen molar-refractivity contribution in [2.75, 3.05) is 0 Å². The summed E-state index contributed by atoms with van der Waals surface area (Å²) in [4.78, 5) is 2.18. The van der Waals surface area contributed by atoms with Gasteiger partial charge in [0, 0.05) is 23.7 Å². The Morgan fingerprint density at radius 2 is 1.15 bits per heavy atom. The Bertz CT molecular complexity index is 1360. The van der Waals surface area contributed by atoms with Crippen LogP contribution in [0.25, 0.3) is 0 Å². The summed E-state index contributed by atoms with van der Waals surface area (Å²) < 4.78 is 112. The minimum Gasteiger partial charge on any atom is -0.412 e. The molecular formula is C47H81F6NO3Si2. The van der Waals surface area contributed by atoms with E-state index in [1.54, 1.807) is 0 Å². The summed E-state index contributed by atoms with van der Waals surface area (Å²) in [5.74, 6) is 0. The summed E-state index contributed by atoms with van der Waals surface area (Å²) in [6.07, 6.45) is -1.23. The molecule has 0 aromatic heterocycles. The molecule has 12 heteroatoms. The van der Waals surface area contributed by atoms with Crippen LogP contribution in [-0.4, -0.2) is 70.3 Å². The third-order valence-electron chi connectivity index (χ3n) is 14.3. The smallest absolute Gasteiger partial charge is 0.412 e. The van der Waals surface area contributed by atoms with Gasteiger partial charge in [0.25, 0.3) is 5.60 Å². The van der Waals surface area contributed by atoms with Crippen molar-refractivity contribution in [1.82, 2.24) is 4.90 Å². The summed E-state index contributed by atoms with van der Waals surface area (Å²) in [6, 6.07) is 4.40. The number of alkyl halides is 6. The molecule has 0 N–H and O–H groups in total. The number of rotatable bonds is 21. The van der Waals surface area contributed by atoms with Crippen molar-refractivity contribution in [1.29, 1.82) is 0 Å². The van der Waals surface area contributed by atoms with Gasteiger partial charge in [0.05, 0.1) is 18.3 Å². The van der Waals surface area contributed by atoms with Crippen LogP contribution in [0.4, 0.5) is 26.3 Å². The van der Waals surface area contributed by atoms with Gasteiger partial charge in [0.2, 0.25) is 16.6 Å². The van der Waals surface area contributed by atoms with Crippen LogP contribution in [0.3, 0.4) is 0 Å². The predicted molar refractivity (Wildman–Crippen MR) is 237 cm³/mol. The molecule has 0 unspecified atom stereocenters. The molecule has 1 aromatic carbocycles. The van der Waals surface area contributed by atoms with E-state index < -0.39 is 58.4 Å². The van der Waals surface area contributed by atoms with E-state index in [4.69, 9.17) is 13.6 Å². The number of nitrogens with zero attached hydrogens (tertiary/aromatic N) is 1. The highest BCUT2D eigenvalue weighted by molar-refractivity contribution is 6.78. The standard InChI is InChI=1S/C47H81F6NO3Si2/c1-15-16-17-18-22-25-41(56-58(32(2)3,33(4)5)34(6)7)28-26-40-27-29-42-44(55-45(46(48,49)50,47(51,52)53)39-23-20-19-21-24-39)31-30-43(38(14)54(40)42)57-59(35(8)9,36(10)11)37(12)13/h19-21,23-24,26,28,32-38,40-44H,15-18,22,25,27,29-31H2,1-14H3/b28-26+/t38-,40+,41-,42+,43+,44-/m0/s1. The summed E-state index contributed by atoms with van der Waals surface area (Å²) in [5, 5.41) is 0. The Hall–Kier alpha value is -1.19. The molecule has 0 spiro atoms. The second-order valence-electron chi connectivity index (χ2n) is 19.7. The number of unbranched alkanes of at least 4 members (excludes halogenated alkanes) is 4. The predicted octanol–water partition coefficient (Wildman–Crippen LogP) is 15.4. The van der Waals surface area contributed by atoms with E-state index in [-0.39, 0.29) is 41.2 Å². The van der Waals surface area contributed by atoms with Crippen LogP contribution in [-0.2, 0) is 19.2 Å². The van der Waals surface area contributed by atoms with E-state index in [0.29, 0.717) is 35.9 Å². The van der Waals surface area contributed by atoms with Crippen molar-refractivity contribution in [2.24, 2.45) is 0 Å². The number of halogens is 6. The zero-order chi connectivity index (χ0) is 44.7. The Kier molecular flexibility index (Phi) is 19.0. The van der Waals surface area contributed by atoms with Crippen LogP contribution >= 0.6 is 0 Å². The Morgan fingerprint density at radius 3 is 1.63 bits per heavy atom. The highest BCUT2D eigenvalue weighted by atomic mass is 28.4.